The van der Waals surface area contributed by atoms with Crippen LogP contribution in [0.3, 0.4) is 0 Å². The molecule has 0 unspecified atom stereocenters. The SMILES string of the molecule is CC[C@@H](NC(=O)CN1C(=O)N[C@](C)(c2ccc3c(c2)OCO3)C1=O)c1ccc(C)cc1. The Kier molecular flexibility index (Phi) is 5.31. The molecular formula is C23H25N3O5. The van der Waals surface area contributed by atoms with E-state index in [2.05, 4.69) is 10.6 Å². The third-order valence-corrected chi connectivity index (χ3v) is 5.75. The lowest BCUT2D eigenvalue weighted by atomic mass is 9.91. The Labute approximate surface area is 180 Å². The fourth-order valence-corrected chi connectivity index (χ4v) is 3.85. The van der Waals surface area contributed by atoms with Crippen LogP contribution in [0.15, 0.2) is 42.5 Å². The lowest BCUT2D eigenvalue weighted by Gasteiger charge is -2.23. The average Bonchev–Trinajstić information content (AvgIpc) is 3.31. The van der Waals surface area contributed by atoms with Crippen LogP contribution in [0.2, 0.25) is 0 Å². The maximum atomic E-state index is 13.1. The first-order valence-corrected chi connectivity index (χ1v) is 10.2. The second-order valence-electron chi connectivity index (χ2n) is 7.95. The minimum atomic E-state index is -1.29. The Morgan fingerprint density at radius 3 is 2.58 bits per heavy atom. The summed E-state index contributed by atoms with van der Waals surface area (Å²) < 4.78 is 10.7. The van der Waals surface area contributed by atoms with Gasteiger partial charge in [-0.1, -0.05) is 42.8 Å². The highest BCUT2D eigenvalue weighted by Gasteiger charge is 2.50. The summed E-state index contributed by atoms with van der Waals surface area (Å²) in [5.41, 5.74) is 1.37. The molecule has 2 aliphatic heterocycles. The van der Waals surface area contributed by atoms with Crippen LogP contribution in [-0.4, -0.2) is 36.1 Å². The van der Waals surface area contributed by atoms with Gasteiger partial charge in [-0.25, -0.2) is 4.79 Å². The Morgan fingerprint density at radius 1 is 1.16 bits per heavy atom. The predicted molar refractivity (Wildman–Crippen MR) is 113 cm³/mol. The largest absolute Gasteiger partial charge is 0.454 e. The zero-order valence-corrected chi connectivity index (χ0v) is 17.7. The van der Waals surface area contributed by atoms with Gasteiger partial charge < -0.3 is 20.1 Å². The van der Waals surface area contributed by atoms with Gasteiger partial charge in [-0.15, -0.1) is 0 Å². The van der Waals surface area contributed by atoms with Gasteiger partial charge in [0, 0.05) is 0 Å². The van der Waals surface area contributed by atoms with Crippen molar-refractivity contribution in [1.82, 2.24) is 15.5 Å². The summed E-state index contributed by atoms with van der Waals surface area (Å²) in [6.45, 7) is 5.34. The number of ether oxygens (including phenoxy) is 2. The fraction of sp³-hybridized carbons (Fsp3) is 0.348. The van der Waals surface area contributed by atoms with Crippen LogP contribution >= 0.6 is 0 Å². The minimum Gasteiger partial charge on any atom is -0.454 e. The number of carbonyl (C=O) groups excluding carboxylic acids is 3. The molecule has 2 N–H and O–H groups in total. The first-order chi connectivity index (χ1) is 14.8. The third kappa shape index (κ3) is 3.81. The predicted octanol–water partition coefficient (Wildman–Crippen LogP) is 2.76. The van der Waals surface area contributed by atoms with Crippen molar-refractivity contribution in [2.24, 2.45) is 0 Å². The summed E-state index contributed by atoms with van der Waals surface area (Å²) in [6.07, 6.45) is 0.684. The van der Waals surface area contributed by atoms with Crippen LogP contribution in [0, 0.1) is 6.92 Å². The van der Waals surface area contributed by atoms with E-state index in [0.717, 1.165) is 16.0 Å². The number of aryl methyl sites for hydroxylation is 1. The third-order valence-electron chi connectivity index (χ3n) is 5.75. The van der Waals surface area contributed by atoms with Gasteiger partial charge in [0.1, 0.15) is 12.1 Å². The zero-order valence-electron chi connectivity index (χ0n) is 17.7. The van der Waals surface area contributed by atoms with Gasteiger partial charge in [0.15, 0.2) is 11.5 Å². The van der Waals surface area contributed by atoms with Crippen molar-refractivity contribution in [2.45, 2.75) is 38.8 Å². The molecule has 0 aromatic heterocycles. The fourth-order valence-electron chi connectivity index (χ4n) is 3.85. The van der Waals surface area contributed by atoms with Crippen molar-refractivity contribution in [3.63, 3.8) is 0 Å². The van der Waals surface area contributed by atoms with Gasteiger partial charge in [0.2, 0.25) is 12.7 Å². The molecule has 0 bridgehead atoms. The Bertz CT molecular complexity index is 1040. The van der Waals surface area contributed by atoms with Crippen LogP contribution in [0.5, 0.6) is 11.5 Å². The smallest absolute Gasteiger partial charge is 0.325 e. The van der Waals surface area contributed by atoms with Crippen LogP contribution in [0.4, 0.5) is 4.79 Å². The lowest BCUT2D eigenvalue weighted by Crippen LogP contribution is -2.43. The Hall–Kier alpha value is -3.55. The highest BCUT2D eigenvalue weighted by atomic mass is 16.7. The summed E-state index contributed by atoms with van der Waals surface area (Å²) in [7, 11) is 0. The molecule has 31 heavy (non-hydrogen) atoms. The number of nitrogens with one attached hydrogen (secondary N) is 2. The summed E-state index contributed by atoms with van der Waals surface area (Å²) in [4.78, 5) is 39.3. The maximum absolute atomic E-state index is 13.1. The number of fused-ring (bicyclic) bond motifs is 1. The Balaban J connectivity index is 1.47. The Morgan fingerprint density at radius 2 is 1.87 bits per heavy atom. The molecule has 2 aliphatic rings. The van der Waals surface area contributed by atoms with Crippen molar-refractivity contribution in [3.05, 3.63) is 59.2 Å². The molecule has 2 aromatic rings. The molecule has 0 saturated carbocycles. The summed E-state index contributed by atoms with van der Waals surface area (Å²) in [5, 5.41) is 5.63. The van der Waals surface area contributed by atoms with E-state index in [9.17, 15) is 14.4 Å². The van der Waals surface area contributed by atoms with Crippen LogP contribution in [-0.2, 0) is 15.1 Å². The van der Waals surface area contributed by atoms with Crippen molar-refractivity contribution in [2.75, 3.05) is 13.3 Å². The van der Waals surface area contributed by atoms with Crippen molar-refractivity contribution < 1.29 is 23.9 Å². The van der Waals surface area contributed by atoms with Crippen LogP contribution in [0.1, 0.15) is 43.0 Å². The molecule has 162 valence electrons. The number of rotatable bonds is 6. The van der Waals surface area contributed by atoms with E-state index in [1.165, 1.54) is 0 Å². The highest BCUT2D eigenvalue weighted by molar-refractivity contribution is 6.09. The summed E-state index contributed by atoms with van der Waals surface area (Å²) in [5.74, 6) is 0.212. The molecule has 0 spiro atoms. The number of hydrogen-bond donors (Lipinski definition) is 2. The minimum absolute atomic E-state index is 0.113. The number of amides is 4. The number of hydrogen-bond acceptors (Lipinski definition) is 5. The normalized spacial score (nSPS) is 20.5. The molecule has 8 heteroatoms. The second-order valence-corrected chi connectivity index (χ2v) is 7.95. The second kappa shape index (κ2) is 7.94. The van der Waals surface area contributed by atoms with E-state index in [-0.39, 0.29) is 19.4 Å². The van der Waals surface area contributed by atoms with Crippen molar-refractivity contribution in [1.29, 1.82) is 0 Å². The molecule has 8 nitrogen and oxygen atoms in total. The lowest BCUT2D eigenvalue weighted by molar-refractivity contribution is -0.135. The molecule has 2 aromatic carbocycles. The standard InChI is InChI=1S/C23H25N3O5/c1-4-17(15-7-5-14(2)6-8-15)24-20(27)12-26-21(28)23(3,25-22(26)29)16-9-10-18-19(11-16)31-13-30-18/h5-11,17H,4,12-13H2,1-3H3,(H,24,27)(H,25,29)/t17-,23-/m1/s1. The molecule has 2 heterocycles. The molecule has 4 rings (SSSR count). The van der Waals surface area contributed by atoms with E-state index < -0.39 is 23.4 Å². The monoisotopic (exact) mass is 423 g/mol. The molecule has 2 atom stereocenters. The number of carbonyl (C=O) groups is 3. The molecule has 1 saturated heterocycles. The van der Waals surface area contributed by atoms with E-state index >= 15 is 0 Å². The number of benzene rings is 2. The van der Waals surface area contributed by atoms with Gasteiger partial charge >= 0.3 is 6.03 Å². The van der Waals surface area contributed by atoms with E-state index in [4.69, 9.17) is 9.47 Å². The molecule has 0 radical (unpaired) electrons. The summed E-state index contributed by atoms with van der Waals surface area (Å²) >= 11 is 0. The van der Waals surface area contributed by atoms with Gasteiger partial charge in [-0.2, -0.15) is 0 Å². The van der Waals surface area contributed by atoms with E-state index in [1.807, 2.05) is 38.1 Å². The zero-order chi connectivity index (χ0) is 22.2. The molecule has 0 aliphatic carbocycles. The highest BCUT2D eigenvalue weighted by Crippen LogP contribution is 2.37. The molecule has 1 fully saturated rings. The molecular weight excluding hydrogens is 398 g/mol. The van der Waals surface area contributed by atoms with Crippen molar-refractivity contribution in [3.8, 4) is 11.5 Å². The van der Waals surface area contributed by atoms with E-state index in [0.29, 0.717) is 23.5 Å². The summed E-state index contributed by atoms with van der Waals surface area (Å²) in [6, 6.07) is 12.2. The average molecular weight is 423 g/mol. The van der Waals surface area contributed by atoms with Gasteiger partial charge in [-0.3, -0.25) is 14.5 Å². The first kappa shape index (κ1) is 20.7. The van der Waals surface area contributed by atoms with Gasteiger partial charge in [0.05, 0.1) is 6.04 Å². The number of urea groups is 1. The number of nitrogens with zero attached hydrogens (tertiary/aromatic N) is 1. The van der Waals surface area contributed by atoms with Gasteiger partial charge in [-0.05, 0) is 43.5 Å². The first-order valence-electron chi connectivity index (χ1n) is 10.2. The quantitative estimate of drug-likeness (QED) is 0.697. The maximum Gasteiger partial charge on any atom is 0.325 e. The topological polar surface area (TPSA) is 97.0 Å². The van der Waals surface area contributed by atoms with Gasteiger partial charge in [0.25, 0.3) is 5.91 Å². The number of imide groups is 1. The van der Waals surface area contributed by atoms with Crippen LogP contribution < -0.4 is 20.1 Å². The van der Waals surface area contributed by atoms with Crippen molar-refractivity contribution >= 4 is 17.8 Å². The van der Waals surface area contributed by atoms with E-state index in [1.54, 1.807) is 25.1 Å². The van der Waals surface area contributed by atoms with Crippen LogP contribution in [0.25, 0.3) is 0 Å². The molecule has 4 amide bonds.